The van der Waals surface area contributed by atoms with Gasteiger partial charge in [-0.3, -0.25) is 0 Å². The van der Waals surface area contributed by atoms with Crippen molar-refractivity contribution in [2.24, 2.45) is 5.92 Å². The molecule has 34 heavy (non-hydrogen) atoms. The highest BCUT2D eigenvalue weighted by molar-refractivity contribution is 7.88. The van der Waals surface area contributed by atoms with E-state index in [2.05, 4.69) is 20.1 Å². The molecular formula is C23H31FN6O3S. The van der Waals surface area contributed by atoms with Crippen LogP contribution in [0.4, 0.5) is 4.39 Å². The highest BCUT2D eigenvalue weighted by Crippen LogP contribution is 2.29. The Bertz CT molecular complexity index is 1290. The Morgan fingerprint density at radius 2 is 2.06 bits per heavy atom. The Hall–Kier alpha value is -2.37. The summed E-state index contributed by atoms with van der Waals surface area (Å²) in [6.07, 6.45) is 4.74. The first-order chi connectivity index (χ1) is 16.2. The molecule has 2 aliphatic rings. The number of nitrogens with zero attached hydrogens (tertiary/aromatic N) is 6. The van der Waals surface area contributed by atoms with Gasteiger partial charge in [-0.15, -0.1) is 0 Å². The zero-order valence-electron chi connectivity index (χ0n) is 19.8. The molecule has 0 unspecified atom stereocenters. The van der Waals surface area contributed by atoms with Gasteiger partial charge in [0.25, 0.3) is 5.95 Å². The lowest BCUT2D eigenvalue weighted by atomic mass is 10.1. The number of fused-ring (bicyclic) bond motifs is 1. The molecule has 2 atom stereocenters. The van der Waals surface area contributed by atoms with E-state index < -0.39 is 10.0 Å². The van der Waals surface area contributed by atoms with Gasteiger partial charge in [0.15, 0.2) is 0 Å². The van der Waals surface area contributed by atoms with Gasteiger partial charge in [0.1, 0.15) is 11.3 Å². The first kappa shape index (κ1) is 23.4. The van der Waals surface area contributed by atoms with E-state index in [1.807, 2.05) is 19.9 Å². The topological polar surface area (TPSA) is 97.4 Å². The maximum Gasteiger partial charge on any atom is 0.291 e. The van der Waals surface area contributed by atoms with E-state index in [4.69, 9.17) is 4.52 Å². The zero-order valence-corrected chi connectivity index (χ0v) is 20.6. The van der Waals surface area contributed by atoms with Crippen molar-refractivity contribution in [2.45, 2.75) is 51.5 Å². The van der Waals surface area contributed by atoms with Crippen LogP contribution < -0.4 is 0 Å². The average molecular weight is 491 g/mol. The second-order valence-corrected chi connectivity index (χ2v) is 11.8. The number of sulfonamides is 1. The number of aromatic nitrogens is 4. The summed E-state index contributed by atoms with van der Waals surface area (Å²) < 4.78 is 47.3. The number of halogens is 1. The van der Waals surface area contributed by atoms with E-state index in [0.29, 0.717) is 30.3 Å². The molecule has 184 valence electrons. The van der Waals surface area contributed by atoms with Crippen LogP contribution in [0.3, 0.4) is 0 Å². The minimum absolute atomic E-state index is 0.0573. The number of para-hydroxylation sites is 1. The molecule has 0 bridgehead atoms. The SMILES string of the molecule is CC(C)c1nn(-c2noc(C[C@H]3CCN(C[C@@H]4CCCN4S(C)(=O)=O)C3)n2)c2c(F)cccc12. The number of rotatable bonds is 7. The van der Waals surface area contributed by atoms with Gasteiger partial charge in [0.2, 0.25) is 15.9 Å². The molecular weight excluding hydrogens is 459 g/mol. The van der Waals surface area contributed by atoms with Gasteiger partial charge in [-0.25, -0.2) is 12.8 Å². The van der Waals surface area contributed by atoms with Crippen LogP contribution in [-0.2, 0) is 16.4 Å². The molecule has 0 N–H and O–H groups in total. The standard InChI is InChI=1S/C23H31FN6O3S/c1-15(2)21-18-7-4-8-19(24)22(18)30(26-21)23-25-20(33-27-23)12-16-9-11-28(13-16)14-17-6-5-10-29(17)34(3,31)32/h4,7-8,15-17H,5-6,9-14H2,1-3H3/t16-,17+/m1/s1. The molecule has 0 saturated carbocycles. The molecule has 3 aromatic rings. The monoisotopic (exact) mass is 490 g/mol. The Kier molecular flexibility index (Phi) is 6.19. The number of hydrogen-bond donors (Lipinski definition) is 0. The Labute approximate surface area is 199 Å². The van der Waals surface area contributed by atoms with Crippen molar-refractivity contribution in [3.05, 3.63) is 35.6 Å². The van der Waals surface area contributed by atoms with Crippen molar-refractivity contribution in [2.75, 3.05) is 32.4 Å². The normalized spacial score (nSPS) is 22.5. The van der Waals surface area contributed by atoms with Gasteiger partial charge in [0, 0.05) is 37.5 Å². The van der Waals surface area contributed by atoms with E-state index in [-0.39, 0.29) is 23.7 Å². The third kappa shape index (κ3) is 4.48. The van der Waals surface area contributed by atoms with E-state index >= 15 is 0 Å². The van der Waals surface area contributed by atoms with Crippen molar-refractivity contribution in [1.82, 2.24) is 29.1 Å². The fourth-order valence-corrected chi connectivity index (χ4v) is 6.53. The van der Waals surface area contributed by atoms with Crippen molar-refractivity contribution in [3.63, 3.8) is 0 Å². The molecule has 5 rings (SSSR count). The number of benzene rings is 1. The molecule has 4 heterocycles. The molecule has 0 amide bonds. The fourth-order valence-electron chi connectivity index (χ4n) is 5.35. The summed E-state index contributed by atoms with van der Waals surface area (Å²) in [6.45, 7) is 7.20. The lowest BCUT2D eigenvalue weighted by Gasteiger charge is -2.26. The largest absolute Gasteiger partial charge is 0.337 e. The summed E-state index contributed by atoms with van der Waals surface area (Å²) in [5, 5.41) is 9.44. The van der Waals surface area contributed by atoms with Crippen molar-refractivity contribution in [3.8, 4) is 5.95 Å². The summed E-state index contributed by atoms with van der Waals surface area (Å²) in [5.74, 6) is 0.844. The summed E-state index contributed by atoms with van der Waals surface area (Å²) in [6, 6.07) is 5.01. The fraction of sp³-hybridized carbons (Fsp3) is 0.609. The summed E-state index contributed by atoms with van der Waals surface area (Å²) in [7, 11) is -3.16. The summed E-state index contributed by atoms with van der Waals surface area (Å²) >= 11 is 0. The first-order valence-electron chi connectivity index (χ1n) is 11.9. The van der Waals surface area contributed by atoms with Gasteiger partial charge in [-0.2, -0.15) is 19.1 Å². The third-order valence-electron chi connectivity index (χ3n) is 6.93. The molecule has 1 aromatic carbocycles. The van der Waals surface area contributed by atoms with Crippen LogP contribution in [0, 0.1) is 11.7 Å². The molecule has 9 nitrogen and oxygen atoms in total. The van der Waals surface area contributed by atoms with E-state index in [9.17, 15) is 12.8 Å². The van der Waals surface area contributed by atoms with Crippen molar-refractivity contribution >= 4 is 20.9 Å². The van der Waals surface area contributed by atoms with Crippen LogP contribution in [-0.4, -0.2) is 76.0 Å². The van der Waals surface area contributed by atoms with Crippen LogP contribution in [0.15, 0.2) is 22.7 Å². The maximum absolute atomic E-state index is 14.7. The van der Waals surface area contributed by atoms with E-state index in [0.717, 1.165) is 50.0 Å². The summed E-state index contributed by atoms with van der Waals surface area (Å²) in [4.78, 5) is 6.87. The van der Waals surface area contributed by atoms with Crippen molar-refractivity contribution in [1.29, 1.82) is 0 Å². The molecule has 0 radical (unpaired) electrons. The average Bonchev–Trinajstić information content (AvgIpc) is 3.54. The van der Waals surface area contributed by atoms with Crippen LogP contribution in [0.25, 0.3) is 16.9 Å². The zero-order chi connectivity index (χ0) is 24.0. The first-order valence-corrected chi connectivity index (χ1v) is 13.7. The molecule has 2 aromatic heterocycles. The quantitative estimate of drug-likeness (QED) is 0.502. The van der Waals surface area contributed by atoms with E-state index in [1.54, 1.807) is 10.4 Å². The Morgan fingerprint density at radius 3 is 2.82 bits per heavy atom. The predicted molar refractivity (Wildman–Crippen MR) is 126 cm³/mol. The summed E-state index contributed by atoms with van der Waals surface area (Å²) in [5.41, 5.74) is 1.15. The molecule has 0 aliphatic carbocycles. The molecule has 11 heteroatoms. The van der Waals surface area contributed by atoms with Crippen LogP contribution >= 0.6 is 0 Å². The number of hydrogen-bond acceptors (Lipinski definition) is 7. The second kappa shape index (κ2) is 9.01. The van der Waals surface area contributed by atoms with Gasteiger partial charge in [0.05, 0.1) is 11.9 Å². The van der Waals surface area contributed by atoms with Gasteiger partial charge in [-0.1, -0.05) is 26.0 Å². The predicted octanol–water partition coefficient (Wildman–Crippen LogP) is 2.96. The third-order valence-corrected chi connectivity index (χ3v) is 8.26. The van der Waals surface area contributed by atoms with Crippen LogP contribution in [0.5, 0.6) is 0 Å². The minimum atomic E-state index is -3.16. The molecule has 2 aliphatic heterocycles. The van der Waals surface area contributed by atoms with Crippen LogP contribution in [0.1, 0.15) is 50.6 Å². The highest BCUT2D eigenvalue weighted by atomic mass is 32.2. The molecule has 2 saturated heterocycles. The Balaban J connectivity index is 1.27. The van der Waals surface area contributed by atoms with Crippen molar-refractivity contribution < 1.29 is 17.3 Å². The maximum atomic E-state index is 14.7. The van der Waals surface area contributed by atoms with Gasteiger partial charge in [-0.05, 0) is 48.9 Å². The highest BCUT2D eigenvalue weighted by Gasteiger charge is 2.34. The Morgan fingerprint density at radius 1 is 1.24 bits per heavy atom. The molecule has 0 spiro atoms. The number of likely N-dealkylation sites (tertiary alicyclic amines) is 1. The lowest BCUT2D eigenvalue weighted by Crippen LogP contribution is -2.42. The smallest absolute Gasteiger partial charge is 0.291 e. The van der Waals surface area contributed by atoms with Gasteiger partial charge < -0.3 is 9.42 Å². The van der Waals surface area contributed by atoms with Gasteiger partial charge >= 0.3 is 0 Å². The lowest BCUT2D eigenvalue weighted by molar-refractivity contribution is 0.248. The minimum Gasteiger partial charge on any atom is -0.337 e. The molecule has 2 fully saturated rings. The van der Waals surface area contributed by atoms with Crippen LogP contribution in [0.2, 0.25) is 0 Å². The second-order valence-electron chi connectivity index (χ2n) is 9.86. The van der Waals surface area contributed by atoms with E-state index in [1.165, 1.54) is 17.0 Å².